The van der Waals surface area contributed by atoms with Gasteiger partial charge in [-0.2, -0.15) is 0 Å². The second-order valence-electron chi connectivity index (χ2n) is 4.10. The molecule has 0 aliphatic carbocycles. The van der Waals surface area contributed by atoms with E-state index in [1.807, 2.05) is 0 Å². The first-order valence-electron chi connectivity index (χ1n) is 4.95. The van der Waals surface area contributed by atoms with Crippen LogP contribution in [0.3, 0.4) is 0 Å². The summed E-state index contributed by atoms with van der Waals surface area (Å²) >= 11 is 5.22. The van der Waals surface area contributed by atoms with E-state index >= 15 is 0 Å². The minimum Gasteiger partial charge on any atom is -0.396 e. The van der Waals surface area contributed by atoms with Crippen LogP contribution >= 0.6 is 27.3 Å². The van der Waals surface area contributed by atoms with Gasteiger partial charge in [-0.05, 0) is 46.3 Å². The third-order valence-corrected chi connectivity index (χ3v) is 4.09. The Labute approximate surface area is 98.3 Å². The predicted molar refractivity (Wildman–Crippen MR) is 65.8 cm³/mol. The minimum absolute atomic E-state index is 0.0546. The number of rotatable bonds is 5. The van der Waals surface area contributed by atoms with Gasteiger partial charge < -0.3 is 5.11 Å². The van der Waals surface area contributed by atoms with E-state index in [1.165, 1.54) is 8.66 Å². The van der Waals surface area contributed by atoms with Crippen molar-refractivity contribution in [3.05, 3.63) is 20.8 Å². The van der Waals surface area contributed by atoms with Gasteiger partial charge in [0.2, 0.25) is 0 Å². The second kappa shape index (κ2) is 5.29. The van der Waals surface area contributed by atoms with Gasteiger partial charge in [0.25, 0.3) is 0 Å². The number of hydrogen-bond donors (Lipinski definition) is 1. The first kappa shape index (κ1) is 12.2. The molecule has 3 heteroatoms. The van der Waals surface area contributed by atoms with E-state index in [2.05, 4.69) is 41.9 Å². The normalized spacial score (nSPS) is 15.4. The van der Waals surface area contributed by atoms with Gasteiger partial charge in [0.05, 0.1) is 3.79 Å². The van der Waals surface area contributed by atoms with Crippen molar-refractivity contribution in [2.75, 3.05) is 6.61 Å². The molecule has 0 aromatic carbocycles. The summed E-state index contributed by atoms with van der Waals surface area (Å²) in [5.41, 5.74) is 0.0546. The number of thiophene rings is 1. The summed E-state index contributed by atoms with van der Waals surface area (Å²) in [6, 6.07) is 4.21. The van der Waals surface area contributed by atoms with Gasteiger partial charge in [-0.3, -0.25) is 0 Å². The molecule has 0 aliphatic heterocycles. The maximum atomic E-state index is 9.38. The Bertz CT molecular complexity index is 285. The lowest BCUT2D eigenvalue weighted by atomic mass is 9.83. The van der Waals surface area contributed by atoms with Crippen molar-refractivity contribution in [1.82, 2.24) is 0 Å². The van der Waals surface area contributed by atoms with E-state index in [0.717, 1.165) is 19.3 Å². The molecule has 0 radical (unpaired) electrons. The van der Waals surface area contributed by atoms with Crippen molar-refractivity contribution in [2.45, 2.75) is 33.1 Å². The molecule has 80 valence electrons. The van der Waals surface area contributed by atoms with Crippen molar-refractivity contribution in [1.29, 1.82) is 0 Å². The molecule has 1 nitrogen and oxygen atoms in total. The van der Waals surface area contributed by atoms with Crippen LogP contribution < -0.4 is 0 Å². The van der Waals surface area contributed by atoms with Gasteiger partial charge in [0.15, 0.2) is 0 Å². The van der Waals surface area contributed by atoms with E-state index in [1.54, 1.807) is 11.3 Å². The van der Waals surface area contributed by atoms with Crippen molar-refractivity contribution in [3.8, 4) is 0 Å². The fraction of sp³-hybridized carbons (Fsp3) is 0.636. The lowest BCUT2D eigenvalue weighted by Crippen LogP contribution is -2.23. The fourth-order valence-electron chi connectivity index (χ4n) is 1.69. The van der Waals surface area contributed by atoms with Crippen LogP contribution in [-0.2, 0) is 6.42 Å². The Kier molecular flexibility index (Phi) is 4.61. The summed E-state index contributed by atoms with van der Waals surface area (Å²) in [5.74, 6) is 0. The Morgan fingerprint density at radius 1 is 1.50 bits per heavy atom. The van der Waals surface area contributed by atoms with E-state index in [-0.39, 0.29) is 12.0 Å². The monoisotopic (exact) mass is 276 g/mol. The van der Waals surface area contributed by atoms with Gasteiger partial charge in [0.1, 0.15) is 0 Å². The molecule has 0 aliphatic rings. The Morgan fingerprint density at radius 3 is 2.64 bits per heavy atom. The predicted octanol–water partition coefficient (Wildman–Crippen LogP) is 3.85. The van der Waals surface area contributed by atoms with Crippen LogP contribution in [0.4, 0.5) is 0 Å². The lowest BCUT2D eigenvalue weighted by molar-refractivity contribution is 0.132. The molecule has 1 unspecified atom stereocenters. The van der Waals surface area contributed by atoms with Crippen LogP contribution in [0.2, 0.25) is 0 Å². The van der Waals surface area contributed by atoms with Gasteiger partial charge >= 0.3 is 0 Å². The molecule has 0 bridgehead atoms. The number of halogens is 1. The average Bonchev–Trinajstić information content (AvgIpc) is 2.51. The Hall–Kier alpha value is 0.140. The average molecular weight is 277 g/mol. The highest BCUT2D eigenvalue weighted by Gasteiger charge is 2.23. The molecule has 0 spiro atoms. The fourth-order valence-corrected chi connectivity index (χ4v) is 3.39. The van der Waals surface area contributed by atoms with Crippen LogP contribution in [0.15, 0.2) is 15.9 Å². The Balaban J connectivity index is 2.64. The molecule has 0 amide bonds. The number of hydrogen-bond acceptors (Lipinski definition) is 2. The largest absolute Gasteiger partial charge is 0.396 e. The topological polar surface area (TPSA) is 20.2 Å². The van der Waals surface area contributed by atoms with E-state index in [9.17, 15) is 5.11 Å². The van der Waals surface area contributed by atoms with Crippen LogP contribution in [0, 0.1) is 5.41 Å². The van der Waals surface area contributed by atoms with Crippen LogP contribution in [0.1, 0.15) is 31.6 Å². The molecule has 14 heavy (non-hydrogen) atoms. The third kappa shape index (κ3) is 3.37. The van der Waals surface area contributed by atoms with Crippen molar-refractivity contribution < 1.29 is 5.11 Å². The molecule has 1 aromatic rings. The molecule has 0 saturated carbocycles. The smallest absolute Gasteiger partial charge is 0.0701 e. The summed E-state index contributed by atoms with van der Waals surface area (Å²) < 4.78 is 1.17. The van der Waals surface area contributed by atoms with E-state index < -0.39 is 0 Å². The summed E-state index contributed by atoms with van der Waals surface area (Å²) in [4.78, 5) is 1.35. The highest BCUT2D eigenvalue weighted by molar-refractivity contribution is 9.11. The zero-order chi connectivity index (χ0) is 10.6. The number of aliphatic hydroxyl groups is 1. The van der Waals surface area contributed by atoms with Crippen LogP contribution in [0.5, 0.6) is 0 Å². The first-order chi connectivity index (χ1) is 6.59. The molecular formula is C11H17BrOS. The van der Waals surface area contributed by atoms with Crippen LogP contribution in [0.25, 0.3) is 0 Å². The van der Waals surface area contributed by atoms with Crippen LogP contribution in [-0.4, -0.2) is 11.7 Å². The maximum absolute atomic E-state index is 9.38. The maximum Gasteiger partial charge on any atom is 0.0701 e. The zero-order valence-corrected chi connectivity index (χ0v) is 11.1. The molecule has 0 fully saturated rings. The highest BCUT2D eigenvalue weighted by atomic mass is 79.9. The van der Waals surface area contributed by atoms with Gasteiger partial charge in [0, 0.05) is 11.5 Å². The highest BCUT2D eigenvalue weighted by Crippen LogP contribution is 2.32. The zero-order valence-electron chi connectivity index (χ0n) is 8.72. The lowest BCUT2D eigenvalue weighted by Gasteiger charge is -2.26. The second-order valence-corrected chi connectivity index (χ2v) is 6.65. The first-order valence-corrected chi connectivity index (χ1v) is 6.55. The van der Waals surface area contributed by atoms with Gasteiger partial charge in [-0.25, -0.2) is 0 Å². The molecule has 0 saturated heterocycles. The quantitative estimate of drug-likeness (QED) is 0.866. The van der Waals surface area contributed by atoms with Crippen molar-refractivity contribution >= 4 is 27.3 Å². The number of aliphatic hydroxyl groups excluding tert-OH is 1. The van der Waals surface area contributed by atoms with Gasteiger partial charge in [-0.15, -0.1) is 11.3 Å². The Morgan fingerprint density at radius 2 is 2.21 bits per heavy atom. The van der Waals surface area contributed by atoms with E-state index in [0.29, 0.717) is 0 Å². The minimum atomic E-state index is 0.0546. The summed E-state index contributed by atoms with van der Waals surface area (Å²) in [5, 5.41) is 9.38. The van der Waals surface area contributed by atoms with E-state index in [4.69, 9.17) is 0 Å². The summed E-state index contributed by atoms with van der Waals surface area (Å²) in [6.07, 6.45) is 3.19. The third-order valence-electron chi connectivity index (χ3n) is 2.47. The SMILES string of the molecule is CCCC(C)(CO)Cc1ccc(Br)s1. The molecular weight excluding hydrogens is 260 g/mol. The van der Waals surface area contributed by atoms with Crippen molar-refractivity contribution in [3.63, 3.8) is 0 Å². The molecule has 1 heterocycles. The molecule has 1 aromatic heterocycles. The summed E-state index contributed by atoms with van der Waals surface area (Å²) in [7, 11) is 0. The van der Waals surface area contributed by atoms with Crippen molar-refractivity contribution in [2.24, 2.45) is 5.41 Å². The van der Waals surface area contributed by atoms with Gasteiger partial charge in [-0.1, -0.05) is 20.3 Å². The molecule has 1 rings (SSSR count). The summed E-state index contributed by atoms with van der Waals surface area (Å²) in [6.45, 7) is 4.60. The molecule has 1 atom stereocenters. The standard InChI is InChI=1S/C11H17BrOS/c1-3-6-11(2,8-13)7-9-4-5-10(12)14-9/h4-5,13H,3,6-8H2,1-2H3. The molecule has 1 N–H and O–H groups in total.